The maximum absolute atomic E-state index is 13.9. The Kier molecular flexibility index (Phi) is 11.6. The average Bonchev–Trinajstić information content (AvgIpc) is 2.97. The molecule has 0 aromatic heterocycles. The summed E-state index contributed by atoms with van der Waals surface area (Å²) >= 11 is 0. The van der Waals surface area contributed by atoms with Gasteiger partial charge in [0.05, 0.1) is 50.4 Å². The van der Waals surface area contributed by atoms with Crippen LogP contribution in [0.5, 0.6) is 0 Å². The van der Waals surface area contributed by atoms with Crippen molar-refractivity contribution in [1.82, 2.24) is 0 Å². The lowest BCUT2D eigenvalue weighted by molar-refractivity contribution is -0.162. The third kappa shape index (κ3) is 9.86. The molecule has 10 nitrogen and oxygen atoms in total. The van der Waals surface area contributed by atoms with E-state index in [1.807, 2.05) is 0 Å². The van der Waals surface area contributed by atoms with Gasteiger partial charge in [-0.3, -0.25) is 0 Å². The van der Waals surface area contributed by atoms with E-state index in [1.54, 1.807) is 0 Å². The minimum atomic E-state index is -6.81. The molecule has 0 amide bonds. The molecule has 0 aliphatic rings. The van der Waals surface area contributed by atoms with Crippen LogP contribution in [0.3, 0.4) is 0 Å². The highest BCUT2D eigenvalue weighted by Crippen LogP contribution is 2.56. The minimum Gasteiger partial charge on any atom is -0.222 e. The van der Waals surface area contributed by atoms with Crippen LogP contribution < -0.4 is 33.0 Å². The van der Waals surface area contributed by atoms with Gasteiger partial charge in [0.1, 0.15) is 0 Å². The molecule has 0 heterocycles. The van der Waals surface area contributed by atoms with E-state index in [0.29, 0.717) is 0 Å². The molecule has 3 aromatic carbocycles. The molecular weight excluding hydrogens is 809 g/mol. The molecule has 0 bridgehead atoms. The first-order valence-corrected chi connectivity index (χ1v) is 14.3. The van der Waals surface area contributed by atoms with Crippen molar-refractivity contribution < 1.29 is 97.5 Å². The fourth-order valence-electron chi connectivity index (χ4n) is 4.27. The van der Waals surface area contributed by atoms with Gasteiger partial charge in [-0.2, -0.15) is 94.5 Å². The zero-order valence-electron chi connectivity index (χ0n) is 24.7. The summed E-state index contributed by atoms with van der Waals surface area (Å²) in [7, 11) is -6.81. The summed E-state index contributed by atoms with van der Waals surface area (Å²) in [6, 6.07) is 0.264. The van der Waals surface area contributed by atoms with Gasteiger partial charge < -0.3 is 0 Å². The van der Waals surface area contributed by atoms with Gasteiger partial charge in [-0.25, -0.2) is 22.1 Å². The summed E-state index contributed by atoms with van der Waals surface area (Å²) < 4.78 is 273. The Balaban J connectivity index is 2.29. The molecule has 0 atom stereocenters. The summed E-state index contributed by atoms with van der Waals surface area (Å²) in [6.45, 7) is 0. The van der Waals surface area contributed by atoms with Crippen molar-refractivity contribution in [3.63, 3.8) is 0 Å². The third-order valence-electron chi connectivity index (χ3n) is 6.17. The fourth-order valence-corrected chi connectivity index (χ4v) is 5.27. The minimum absolute atomic E-state index is 0.0476. The highest BCUT2D eigenvalue weighted by Gasteiger charge is 2.50. The predicted molar refractivity (Wildman–Crippen MR) is 140 cm³/mol. The number of hydrogen-bond acceptors (Lipinski definition) is 10. The molecule has 0 unspecified atom stereocenters. The molecule has 0 aliphatic carbocycles. The number of phosphoric acid groups is 1. The van der Waals surface area contributed by atoms with Gasteiger partial charge in [0.15, 0.2) is 0 Å². The summed E-state index contributed by atoms with van der Waals surface area (Å²) in [5.41, 5.74) is -21.9. The van der Waals surface area contributed by atoms with E-state index in [-0.39, 0.29) is 54.6 Å². The van der Waals surface area contributed by atoms with Crippen LogP contribution in [0.4, 0.5) is 96.1 Å². The van der Waals surface area contributed by atoms with Crippen LogP contribution in [0.15, 0.2) is 54.6 Å². The number of hydrogen-bond donors (Lipinski definition) is 3. The maximum atomic E-state index is 13.9. The van der Waals surface area contributed by atoms with Gasteiger partial charge in [-0.05, 0) is 36.4 Å². The van der Waals surface area contributed by atoms with E-state index < -0.39 is 111 Å². The van der Waals surface area contributed by atoms with Crippen LogP contribution in [0.2, 0.25) is 0 Å². The lowest BCUT2D eigenvalue weighted by Crippen LogP contribution is -2.40. The first-order valence-electron chi connectivity index (χ1n) is 12.9. The van der Waals surface area contributed by atoms with Gasteiger partial charge in [0, 0.05) is 0 Å². The summed E-state index contributed by atoms with van der Waals surface area (Å²) in [5, 5.41) is -3.23. The standard InChI is InChI=1S/C24H15F18N6O4P/c25-19(26,27)10-4-1-7-13(16(10)22(34,35)36)46(43)50-53(49,51-47(44)14-8-2-5-11(20(28,29)30)17(14)23(37,38)39)52-48(45)15-9-3-6-12(21(31,32)33)18(15)24(40,41)42/h1-9H,43-45H2. The number of nitrogens with two attached hydrogens (primary N) is 3. The molecule has 0 saturated carbocycles. The van der Waals surface area contributed by atoms with Crippen LogP contribution in [0.1, 0.15) is 33.4 Å². The van der Waals surface area contributed by atoms with Crippen molar-refractivity contribution in [2.24, 2.45) is 17.5 Å². The Morgan fingerprint density at radius 2 is 0.604 bits per heavy atom. The quantitative estimate of drug-likeness (QED) is 0.0831. The first-order chi connectivity index (χ1) is 23.7. The van der Waals surface area contributed by atoms with Crippen molar-refractivity contribution in [3.05, 3.63) is 88.0 Å². The second kappa shape index (κ2) is 14.2. The summed E-state index contributed by atoms with van der Waals surface area (Å²) in [4.78, 5) is 0. The second-order valence-electron chi connectivity index (χ2n) is 9.76. The Morgan fingerprint density at radius 1 is 0.396 bits per heavy atom. The van der Waals surface area contributed by atoms with Gasteiger partial charge >= 0.3 is 44.9 Å². The van der Waals surface area contributed by atoms with Crippen LogP contribution in [0, 0.1) is 0 Å². The average molecular weight is 824 g/mol. The first kappa shape index (κ1) is 43.2. The van der Waals surface area contributed by atoms with Crippen molar-refractivity contribution in [2.75, 3.05) is 15.5 Å². The predicted octanol–water partition coefficient (Wildman–Crippen LogP) is 9.14. The Labute approximate surface area is 281 Å². The topological polar surface area (TPSA) is 133 Å². The smallest absolute Gasteiger partial charge is 0.222 e. The summed E-state index contributed by atoms with van der Waals surface area (Å²) in [6.07, 6.45) is -35.7. The van der Waals surface area contributed by atoms with E-state index in [4.69, 9.17) is 17.5 Å². The zero-order valence-corrected chi connectivity index (χ0v) is 25.5. The molecular formula is C24H15F18N6O4P. The molecule has 0 fully saturated rings. The van der Waals surface area contributed by atoms with E-state index in [0.717, 1.165) is 0 Å². The van der Waals surface area contributed by atoms with Gasteiger partial charge in [0.25, 0.3) is 0 Å². The Hall–Kier alpha value is -4.21. The number of alkyl halides is 18. The monoisotopic (exact) mass is 824 g/mol. The Bertz CT molecular complexity index is 1630. The SMILES string of the molecule is NN(OP(=O)(ON(N)c1cccc(C(F)(F)F)c1C(F)(F)F)ON(N)c1cccc(C(F)(F)F)c1C(F)(F)F)c1cccc(C(F)(F)F)c1C(F)(F)F. The van der Waals surface area contributed by atoms with E-state index >= 15 is 0 Å². The molecule has 3 aromatic rings. The van der Waals surface area contributed by atoms with E-state index in [9.17, 15) is 83.6 Å². The molecule has 0 aliphatic heterocycles. The summed E-state index contributed by atoms with van der Waals surface area (Å²) in [5.74, 6) is 15.6. The van der Waals surface area contributed by atoms with Crippen molar-refractivity contribution in [2.45, 2.75) is 37.1 Å². The lowest BCUT2D eigenvalue weighted by Gasteiger charge is -2.32. The highest BCUT2D eigenvalue weighted by atomic mass is 31.2. The number of hydrazine groups is 3. The lowest BCUT2D eigenvalue weighted by atomic mass is 10.0. The second-order valence-corrected chi connectivity index (χ2v) is 11.1. The number of anilines is 3. The molecule has 6 N–H and O–H groups in total. The van der Waals surface area contributed by atoms with Crippen LogP contribution in [-0.4, -0.2) is 0 Å². The van der Waals surface area contributed by atoms with Gasteiger partial charge in [-0.15, -0.1) is 13.9 Å². The number of nitrogens with zero attached hydrogens (tertiary/aromatic N) is 3. The van der Waals surface area contributed by atoms with Gasteiger partial charge in [-0.1, -0.05) is 18.2 Å². The van der Waals surface area contributed by atoms with Crippen molar-refractivity contribution in [1.29, 1.82) is 0 Å². The Morgan fingerprint density at radius 3 is 0.774 bits per heavy atom. The third-order valence-corrected chi connectivity index (χ3v) is 7.30. The maximum Gasteiger partial charge on any atom is 0.543 e. The molecule has 0 radical (unpaired) electrons. The van der Waals surface area contributed by atoms with Crippen LogP contribution in [0.25, 0.3) is 0 Å². The fraction of sp³-hybridized carbons (Fsp3) is 0.250. The highest BCUT2D eigenvalue weighted by molar-refractivity contribution is 7.48. The molecule has 0 saturated heterocycles. The van der Waals surface area contributed by atoms with Gasteiger partial charge in [0.2, 0.25) is 0 Å². The molecule has 0 spiro atoms. The number of rotatable bonds is 9. The molecule has 296 valence electrons. The van der Waals surface area contributed by atoms with E-state index in [2.05, 4.69) is 13.9 Å². The largest absolute Gasteiger partial charge is 0.543 e. The molecule has 53 heavy (non-hydrogen) atoms. The van der Waals surface area contributed by atoms with E-state index in [1.165, 1.54) is 0 Å². The normalized spacial score (nSPS) is 13.7. The number of benzene rings is 3. The van der Waals surface area contributed by atoms with Crippen LogP contribution in [-0.2, 0) is 55.5 Å². The van der Waals surface area contributed by atoms with Crippen molar-refractivity contribution >= 4 is 24.9 Å². The van der Waals surface area contributed by atoms with Crippen LogP contribution >= 0.6 is 7.82 Å². The molecule has 29 heteroatoms. The molecule has 3 rings (SSSR count). The number of halogens is 18. The van der Waals surface area contributed by atoms with Crippen molar-refractivity contribution in [3.8, 4) is 0 Å². The zero-order chi connectivity index (χ0) is 40.9.